The zero-order chi connectivity index (χ0) is 11.9. The fraction of sp³-hybridized carbons (Fsp3) is 0.333. The molecule has 0 amide bonds. The summed E-state index contributed by atoms with van der Waals surface area (Å²) in [6.07, 6.45) is 2.98. The van der Waals surface area contributed by atoms with Gasteiger partial charge in [0.25, 0.3) is 9.05 Å². The summed E-state index contributed by atoms with van der Waals surface area (Å²) in [5.41, 5.74) is 0.836. The Kier molecular flexibility index (Phi) is 2.63. The number of fused-ring (bicyclic) bond motifs is 1. The lowest BCUT2D eigenvalue weighted by Crippen LogP contribution is -2.00. The zero-order valence-electron chi connectivity index (χ0n) is 8.75. The van der Waals surface area contributed by atoms with Crippen molar-refractivity contribution in [2.75, 3.05) is 0 Å². The van der Waals surface area contributed by atoms with Crippen LogP contribution in [0.15, 0.2) is 23.5 Å². The van der Waals surface area contributed by atoms with Gasteiger partial charge in [0.15, 0.2) is 5.65 Å². The summed E-state index contributed by atoms with van der Waals surface area (Å²) in [6.45, 7) is 3.93. The first-order chi connectivity index (χ1) is 7.41. The molecule has 0 aliphatic heterocycles. The molecule has 7 heteroatoms. The van der Waals surface area contributed by atoms with Gasteiger partial charge >= 0.3 is 0 Å². The average molecular weight is 260 g/mol. The second-order valence-corrected chi connectivity index (χ2v) is 6.20. The summed E-state index contributed by atoms with van der Waals surface area (Å²) in [5.74, 6) is 0. The molecule has 0 atom stereocenters. The fourth-order valence-electron chi connectivity index (χ4n) is 1.49. The molecule has 0 spiro atoms. The molecule has 2 aromatic rings. The number of hydrogen-bond donors (Lipinski definition) is 0. The standard InChI is InChI=1S/C9H10ClN3O2S/c1-6(2)13-5-12-8-7(16(10,14)15)3-4-11-9(8)13/h3-6H,1-2H3. The summed E-state index contributed by atoms with van der Waals surface area (Å²) >= 11 is 0. The molecule has 0 aliphatic rings. The highest BCUT2D eigenvalue weighted by Crippen LogP contribution is 2.24. The van der Waals surface area contributed by atoms with Crippen molar-refractivity contribution < 1.29 is 8.42 Å². The predicted octanol–water partition coefficient (Wildman–Crippen LogP) is 1.94. The lowest BCUT2D eigenvalue weighted by atomic mass is 10.4. The molecule has 0 saturated carbocycles. The maximum Gasteiger partial charge on any atom is 0.263 e. The van der Waals surface area contributed by atoms with Crippen molar-refractivity contribution in [1.82, 2.24) is 14.5 Å². The van der Waals surface area contributed by atoms with Crippen molar-refractivity contribution in [2.45, 2.75) is 24.8 Å². The molecule has 16 heavy (non-hydrogen) atoms. The van der Waals surface area contributed by atoms with E-state index in [1.807, 2.05) is 13.8 Å². The van der Waals surface area contributed by atoms with E-state index in [-0.39, 0.29) is 10.9 Å². The van der Waals surface area contributed by atoms with Gasteiger partial charge in [0.1, 0.15) is 10.4 Å². The second-order valence-electron chi connectivity index (χ2n) is 3.66. The quantitative estimate of drug-likeness (QED) is 0.773. The van der Waals surface area contributed by atoms with E-state index in [1.165, 1.54) is 12.3 Å². The smallest absolute Gasteiger partial charge is 0.263 e. The van der Waals surface area contributed by atoms with Gasteiger partial charge in [0.05, 0.1) is 6.33 Å². The number of pyridine rings is 1. The van der Waals surface area contributed by atoms with E-state index in [0.29, 0.717) is 11.2 Å². The van der Waals surface area contributed by atoms with Gasteiger partial charge in [-0.3, -0.25) is 0 Å². The van der Waals surface area contributed by atoms with Crippen LogP contribution in [0.4, 0.5) is 0 Å². The summed E-state index contributed by atoms with van der Waals surface area (Å²) in [5, 5.41) is 0. The van der Waals surface area contributed by atoms with Crippen molar-refractivity contribution in [3.05, 3.63) is 18.6 Å². The summed E-state index contributed by atoms with van der Waals surface area (Å²) in [7, 11) is 1.54. The number of rotatable bonds is 2. The topological polar surface area (TPSA) is 64.8 Å². The van der Waals surface area contributed by atoms with Crippen LogP contribution in [0.25, 0.3) is 11.2 Å². The van der Waals surface area contributed by atoms with Crippen LogP contribution in [0.1, 0.15) is 19.9 Å². The minimum absolute atomic E-state index is 0.00133. The monoisotopic (exact) mass is 259 g/mol. The molecular weight excluding hydrogens is 250 g/mol. The number of imidazole rings is 1. The van der Waals surface area contributed by atoms with Gasteiger partial charge in [-0.25, -0.2) is 18.4 Å². The maximum atomic E-state index is 11.3. The van der Waals surface area contributed by atoms with E-state index in [0.717, 1.165) is 0 Å². The zero-order valence-corrected chi connectivity index (χ0v) is 10.3. The summed E-state index contributed by atoms with van der Waals surface area (Å²) in [4.78, 5) is 8.16. The molecule has 0 radical (unpaired) electrons. The molecule has 0 fully saturated rings. The average Bonchev–Trinajstić information content (AvgIpc) is 2.58. The molecule has 2 aromatic heterocycles. The van der Waals surface area contributed by atoms with Crippen LogP contribution in [0.3, 0.4) is 0 Å². The van der Waals surface area contributed by atoms with Gasteiger partial charge in [-0.15, -0.1) is 0 Å². The third-order valence-electron chi connectivity index (χ3n) is 2.24. The normalized spacial score (nSPS) is 12.5. The Morgan fingerprint density at radius 1 is 1.38 bits per heavy atom. The molecule has 86 valence electrons. The molecule has 0 aliphatic carbocycles. The van der Waals surface area contributed by atoms with E-state index in [1.54, 1.807) is 10.9 Å². The van der Waals surface area contributed by atoms with Gasteiger partial charge in [0, 0.05) is 22.9 Å². The first kappa shape index (κ1) is 11.3. The minimum Gasteiger partial charge on any atom is -0.313 e. The van der Waals surface area contributed by atoms with Gasteiger partial charge in [-0.1, -0.05) is 0 Å². The van der Waals surface area contributed by atoms with Gasteiger partial charge in [0.2, 0.25) is 0 Å². The first-order valence-corrected chi connectivity index (χ1v) is 6.98. The van der Waals surface area contributed by atoms with Crippen molar-refractivity contribution in [2.24, 2.45) is 0 Å². The van der Waals surface area contributed by atoms with Crippen molar-refractivity contribution in [3.63, 3.8) is 0 Å². The fourth-order valence-corrected chi connectivity index (χ4v) is 2.46. The lowest BCUT2D eigenvalue weighted by Gasteiger charge is -2.06. The Balaban J connectivity index is 2.82. The Morgan fingerprint density at radius 3 is 2.62 bits per heavy atom. The minimum atomic E-state index is -3.79. The molecule has 0 bridgehead atoms. The van der Waals surface area contributed by atoms with Gasteiger partial charge in [-0.2, -0.15) is 0 Å². The Morgan fingerprint density at radius 2 is 2.06 bits per heavy atom. The molecule has 2 rings (SSSR count). The Bertz CT molecular complexity index is 633. The molecular formula is C9H10ClN3O2S. The third-order valence-corrected chi connectivity index (χ3v) is 3.60. The van der Waals surface area contributed by atoms with Crippen LogP contribution >= 0.6 is 10.7 Å². The van der Waals surface area contributed by atoms with Gasteiger partial charge in [-0.05, 0) is 19.9 Å². The lowest BCUT2D eigenvalue weighted by molar-refractivity contribution is 0.609. The molecule has 2 heterocycles. The van der Waals surface area contributed by atoms with Crippen molar-refractivity contribution in [3.8, 4) is 0 Å². The Labute approximate surface area is 97.5 Å². The van der Waals surface area contributed by atoms with Crippen LogP contribution in [-0.4, -0.2) is 23.0 Å². The largest absolute Gasteiger partial charge is 0.313 e. The molecule has 0 aromatic carbocycles. The van der Waals surface area contributed by atoms with E-state index in [2.05, 4.69) is 9.97 Å². The molecule has 0 saturated heterocycles. The summed E-state index contributed by atoms with van der Waals surface area (Å²) < 4.78 is 24.4. The Hall–Kier alpha value is -1.14. The summed E-state index contributed by atoms with van der Waals surface area (Å²) in [6, 6.07) is 1.51. The van der Waals surface area contributed by atoms with Crippen LogP contribution in [0, 0.1) is 0 Å². The third kappa shape index (κ3) is 1.78. The highest BCUT2D eigenvalue weighted by Gasteiger charge is 2.18. The van der Waals surface area contributed by atoms with Crippen LogP contribution < -0.4 is 0 Å². The van der Waals surface area contributed by atoms with E-state index in [9.17, 15) is 8.42 Å². The van der Waals surface area contributed by atoms with Crippen molar-refractivity contribution in [1.29, 1.82) is 0 Å². The first-order valence-electron chi connectivity index (χ1n) is 4.67. The predicted molar refractivity (Wildman–Crippen MR) is 61.0 cm³/mol. The van der Waals surface area contributed by atoms with Crippen LogP contribution in [0.5, 0.6) is 0 Å². The molecule has 0 unspecified atom stereocenters. The molecule has 5 nitrogen and oxygen atoms in total. The van der Waals surface area contributed by atoms with Crippen LogP contribution in [0.2, 0.25) is 0 Å². The number of hydrogen-bond acceptors (Lipinski definition) is 4. The highest BCUT2D eigenvalue weighted by atomic mass is 35.7. The van der Waals surface area contributed by atoms with E-state index in [4.69, 9.17) is 10.7 Å². The SMILES string of the molecule is CC(C)n1cnc2c(S(=O)(=O)Cl)ccnc21. The highest BCUT2D eigenvalue weighted by molar-refractivity contribution is 8.14. The molecule has 0 N–H and O–H groups in total. The number of aromatic nitrogens is 3. The van der Waals surface area contributed by atoms with Crippen molar-refractivity contribution >= 4 is 30.9 Å². The maximum absolute atomic E-state index is 11.3. The van der Waals surface area contributed by atoms with E-state index >= 15 is 0 Å². The number of halogens is 1. The second kappa shape index (κ2) is 3.71. The van der Waals surface area contributed by atoms with Gasteiger partial charge < -0.3 is 4.57 Å². The number of nitrogens with zero attached hydrogens (tertiary/aromatic N) is 3. The van der Waals surface area contributed by atoms with Crippen LogP contribution in [-0.2, 0) is 9.05 Å². The van der Waals surface area contributed by atoms with E-state index < -0.39 is 9.05 Å².